The molecule has 1 aliphatic carbocycles. The Hall–Kier alpha value is -2.33. The van der Waals surface area contributed by atoms with Gasteiger partial charge in [-0.15, -0.1) is 0 Å². The van der Waals surface area contributed by atoms with E-state index in [4.69, 9.17) is 4.52 Å². The molecule has 2 aromatic rings. The van der Waals surface area contributed by atoms with Crippen LogP contribution in [-0.4, -0.2) is 23.5 Å². The van der Waals surface area contributed by atoms with Crippen molar-refractivity contribution in [1.82, 2.24) is 14.9 Å². The number of hydrogen-bond acceptors (Lipinski definition) is 7. The number of hydrogen-bond donors (Lipinski definition) is 1. The Kier molecular flexibility index (Phi) is 5.29. The maximum Gasteiger partial charge on any atom is 0.273 e. The summed E-state index contributed by atoms with van der Waals surface area (Å²) in [6, 6.07) is 3.89. The summed E-state index contributed by atoms with van der Waals surface area (Å²) in [4.78, 5) is 14.7. The molecule has 1 heterocycles. The maximum atomic E-state index is 13.1. The first-order valence-electron chi connectivity index (χ1n) is 8.83. The summed E-state index contributed by atoms with van der Waals surface area (Å²) >= 11 is 0. The van der Waals surface area contributed by atoms with Crippen LogP contribution in [0.1, 0.15) is 55.8 Å². The van der Waals surface area contributed by atoms with Crippen LogP contribution < -0.4 is 4.72 Å². The van der Waals surface area contributed by atoms with Gasteiger partial charge in [0, 0.05) is 18.6 Å². The summed E-state index contributed by atoms with van der Waals surface area (Å²) in [6.07, 6.45) is 4.72. The normalized spacial score (nSPS) is 17.4. The van der Waals surface area contributed by atoms with Crippen LogP contribution in [0.4, 0.5) is 5.69 Å². The molecule has 1 aliphatic rings. The van der Waals surface area contributed by atoms with Crippen molar-refractivity contribution in [1.29, 1.82) is 0 Å². The van der Waals surface area contributed by atoms with Crippen molar-refractivity contribution < 1.29 is 17.9 Å². The van der Waals surface area contributed by atoms with Gasteiger partial charge in [0.15, 0.2) is 5.82 Å². The summed E-state index contributed by atoms with van der Waals surface area (Å²) in [5, 5.41) is 15.2. The number of nitro benzene ring substituents is 1. The van der Waals surface area contributed by atoms with Crippen LogP contribution in [0.25, 0.3) is 0 Å². The Morgan fingerprint density at radius 3 is 2.41 bits per heavy atom. The Balaban J connectivity index is 2.02. The molecule has 0 bridgehead atoms. The first-order valence-corrected chi connectivity index (χ1v) is 10.3. The molecule has 1 aromatic heterocycles. The first kappa shape index (κ1) is 19.4. The quantitative estimate of drug-likeness (QED) is 0.468. The number of aryl methyl sites for hydroxylation is 2. The van der Waals surface area contributed by atoms with Gasteiger partial charge in [-0.1, -0.05) is 36.9 Å². The second kappa shape index (κ2) is 7.35. The lowest BCUT2D eigenvalue weighted by molar-refractivity contribution is -0.385. The zero-order valence-electron chi connectivity index (χ0n) is 15.3. The van der Waals surface area contributed by atoms with E-state index in [-0.39, 0.29) is 10.6 Å². The van der Waals surface area contributed by atoms with Crippen molar-refractivity contribution in [3.05, 3.63) is 45.6 Å². The largest absolute Gasteiger partial charge is 0.340 e. The molecule has 1 N–H and O–H groups in total. The molecular formula is C17H22N4O5S. The molecule has 10 heteroatoms. The molecule has 0 saturated heterocycles. The third kappa shape index (κ3) is 4.01. The minimum Gasteiger partial charge on any atom is -0.340 e. The van der Waals surface area contributed by atoms with Gasteiger partial charge in [0.05, 0.1) is 15.4 Å². The molecular weight excluding hydrogens is 372 g/mol. The number of nitrogens with zero attached hydrogens (tertiary/aromatic N) is 3. The monoisotopic (exact) mass is 394 g/mol. The van der Waals surface area contributed by atoms with E-state index in [1.54, 1.807) is 13.8 Å². The van der Waals surface area contributed by atoms with E-state index in [9.17, 15) is 18.5 Å². The summed E-state index contributed by atoms with van der Waals surface area (Å²) < 4.78 is 34.0. The van der Waals surface area contributed by atoms with E-state index in [1.807, 2.05) is 0 Å². The van der Waals surface area contributed by atoms with E-state index in [2.05, 4.69) is 14.9 Å². The topological polar surface area (TPSA) is 128 Å². The molecule has 0 amide bonds. The lowest BCUT2D eigenvalue weighted by atomic mass is 9.91. The van der Waals surface area contributed by atoms with Gasteiger partial charge in [-0.2, -0.15) is 9.71 Å². The van der Waals surface area contributed by atoms with Crippen LogP contribution in [-0.2, 0) is 15.6 Å². The fraction of sp³-hybridized carbons (Fsp3) is 0.529. The molecule has 0 aliphatic heterocycles. The number of rotatable bonds is 5. The summed E-state index contributed by atoms with van der Waals surface area (Å²) in [6.45, 7) is 3.22. The second-order valence-electron chi connectivity index (χ2n) is 6.94. The van der Waals surface area contributed by atoms with Crippen molar-refractivity contribution in [3.63, 3.8) is 0 Å². The van der Waals surface area contributed by atoms with Crippen LogP contribution in [0.5, 0.6) is 0 Å². The van der Waals surface area contributed by atoms with Crippen LogP contribution in [0.2, 0.25) is 0 Å². The fourth-order valence-corrected chi connectivity index (χ4v) is 4.91. The Bertz CT molecular complexity index is 946. The summed E-state index contributed by atoms with van der Waals surface area (Å²) in [5.74, 6) is 0.672. The molecule has 0 atom stereocenters. The van der Waals surface area contributed by atoms with Crippen LogP contribution in [0, 0.1) is 24.0 Å². The van der Waals surface area contributed by atoms with Gasteiger partial charge >= 0.3 is 0 Å². The van der Waals surface area contributed by atoms with Gasteiger partial charge in [0.2, 0.25) is 15.9 Å². The molecule has 0 radical (unpaired) electrons. The number of nitrogens with one attached hydrogen (secondary N) is 1. The van der Waals surface area contributed by atoms with E-state index >= 15 is 0 Å². The molecule has 0 spiro atoms. The zero-order chi connectivity index (χ0) is 19.7. The highest BCUT2D eigenvalue weighted by Gasteiger charge is 2.41. The van der Waals surface area contributed by atoms with Crippen LogP contribution in [0.3, 0.4) is 0 Å². The number of aromatic nitrogens is 2. The SMILES string of the molecule is Cc1nc(C2(NS(=O)(=O)c3ccc(C)c([N+](=O)[O-])c3)CCCCCC2)no1. The fourth-order valence-electron chi connectivity index (χ4n) is 3.47. The molecule has 3 rings (SSSR count). The highest BCUT2D eigenvalue weighted by atomic mass is 32.2. The lowest BCUT2D eigenvalue weighted by Crippen LogP contribution is -2.46. The third-order valence-electron chi connectivity index (χ3n) is 4.93. The zero-order valence-corrected chi connectivity index (χ0v) is 16.1. The van der Waals surface area contributed by atoms with Gasteiger partial charge in [0.25, 0.3) is 5.69 Å². The number of benzene rings is 1. The predicted molar refractivity (Wildman–Crippen MR) is 96.6 cm³/mol. The van der Waals surface area contributed by atoms with Crippen molar-refractivity contribution in [2.24, 2.45) is 0 Å². The highest BCUT2D eigenvalue weighted by molar-refractivity contribution is 7.89. The molecule has 1 saturated carbocycles. The third-order valence-corrected chi connectivity index (χ3v) is 6.46. The van der Waals surface area contributed by atoms with Crippen molar-refractivity contribution in [2.75, 3.05) is 0 Å². The minimum atomic E-state index is -4.02. The maximum absolute atomic E-state index is 13.1. The van der Waals surface area contributed by atoms with Crippen molar-refractivity contribution >= 4 is 15.7 Å². The van der Waals surface area contributed by atoms with Gasteiger partial charge in [-0.25, -0.2) is 8.42 Å². The standard InChI is InChI=1S/C17H22N4O5S/c1-12-7-8-14(11-15(12)21(22)23)27(24,25)20-17(9-5-3-4-6-10-17)16-18-13(2)26-19-16/h7-8,11,20H,3-6,9-10H2,1-2H3. The molecule has 9 nitrogen and oxygen atoms in total. The molecule has 27 heavy (non-hydrogen) atoms. The molecule has 1 aromatic carbocycles. The van der Waals surface area contributed by atoms with Gasteiger partial charge in [0.1, 0.15) is 0 Å². The van der Waals surface area contributed by atoms with Crippen molar-refractivity contribution in [3.8, 4) is 0 Å². The predicted octanol–water partition coefficient (Wildman–Crippen LogP) is 3.12. The second-order valence-corrected chi connectivity index (χ2v) is 8.63. The number of nitro groups is 1. The molecule has 146 valence electrons. The average Bonchev–Trinajstić information content (AvgIpc) is 2.91. The smallest absolute Gasteiger partial charge is 0.273 e. The van der Waals surface area contributed by atoms with E-state index in [0.29, 0.717) is 30.1 Å². The van der Waals surface area contributed by atoms with Gasteiger partial charge in [-0.05, 0) is 25.8 Å². The average molecular weight is 394 g/mol. The Morgan fingerprint density at radius 1 is 1.19 bits per heavy atom. The Labute approximate surface area is 157 Å². The van der Waals surface area contributed by atoms with E-state index in [1.165, 1.54) is 12.1 Å². The van der Waals surface area contributed by atoms with Crippen LogP contribution in [0.15, 0.2) is 27.6 Å². The number of sulfonamides is 1. The van der Waals surface area contributed by atoms with Crippen LogP contribution >= 0.6 is 0 Å². The summed E-state index contributed by atoms with van der Waals surface area (Å²) in [5.41, 5.74) is -0.813. The van der Waals surface area contributed by atoms with Gasteiger partial charge < -0.3 is 4.52 Å². The minimum absolute atomic E-state index is 0.149. The first-order chi connectivity index (χ1) is 12.7. The van der Waals surface area contributed by atoms with E-state index in [0.717, 1.165) is 31.7 Å². The lowest BCUT2D eigenvalue weighted by Gasteiger charge is -2.30. The van der Waals surface area contributed by atoms with Crippen molar-refractivity contribution in [2.45, 2.75) is 62.8 Å². The Morgan fingerprint density at radius 2 is 1.85 bits per heavy atom. The van der Waals surface area contributed by atoms with Gasteiger partial charge in [-0.3, -0.25) is 10.1 Å². The summed E-state index contributed by atoms with van der Waals surface area (Å²) in [7, 11) is -4.02. The molecule has 0 unspecified atom stereocenters. The van der Waals surface area contributed by atoms with E-state index < -0.39 is 20.5 Å². The molecule has 1 fully saturated rings. The highest BCUT2D eigenvalue weighted by Crippen LogP contribution is 2.36.